The van der Waals surface area contributed by atoms with E-state index in [9.17, 15) is 4.79 Å². The lowest BCUT2D eigenvalue weighted by molar-refractivity contribution is -0.0369. The first-order chi connectivity index (χ1) is 10.3. The number of nitrogens with zero attached hydrogens (tertiary/aromatic N) is 3. The van der Waals surface area contributed by atoms with Gasteiger partial charge in [-0.1, -0.05) is 13.3 Å². The van der Waals surface area contributed by atoms with E-state index in [0.717, 1.165) is 51.1 Å². The average Bonchev–Trinajstić information content (AvgIpc) is 3.03. The van der Waals surface area contributed by atoms with Crippen LogP contribution < -0.4 is 0 Å². The summed E-state index contributed by atoms with van der Waals surface area (Å²) in [4.78, 5) is 19.6. The van der Waals surface area contributed by atoms with Gasteiger partial charge in [-0.2, -0.15) is 0 Å². The van der Waals surface area contributed by atoms with Crippen molar-refractivity contribution in [3.63, 3.8) is 0 Å². The predicted octanol–water partition coefficient (Wildman–Crippen LogP) is 2.76. The molecule has 0 aliphatic carbocycles. The fourth-order valence-corrected chi connectivity index (χ4v) is 2.74. The Labute approximate surface area is 126 Å². The summed E-state index contributed by atoms with van der Waals surface area (Å²) in [5.41, 5.74) is 0. The minimum absolute atomic E-state index is 0.220. The SMILES string of the molecule is CCCCN(C(=O)OCC)N1CCC(c2ncc[nH]2)CC1. The van der Waals surface area contributed by atoms with Gasteiger partial charge < -0.3 is 9.72 Å². The number of carbonyl (C=O) groups excluding carboxylic acids is 1. The quantitative estimate of drug-likeness (QED) is 0.876. The third kappa shape index (κ3) is 4.20. The Morgan fingerprint density at radius 1 is 1.48 bits per heavy atom. The summed E-state index contributed by atoms with van der Waals surface area (Å²) in [6.45, 7) is 6.87. The summed E-state index contributed by atoms with van der Waals surface area (Å²) in [6, 6.07) is 0. The van der Waals surface area contributed by atoms with E-state index in [1.165, 1.54) is 0 Å². The van der Waals surface area contributed by atoms with Gasteiger partial charge in [0.05, 0.1) is 6.61 Å². The minimum atomic E-state index is -0.220. The van der Waals surface area contributed by atoms with Gasteiger partial charge in [-0.15, -0.1) is 0 Å². The molecule has 2 heterocycles. The Morgan fingerprint density at radius 2 is 2.24 bits per heavy atom. The molecule has 1 aromatic rings. The Bertz CT molecular complexity index is 413. The lowest BCUT2D eigenvalue weighted by atomic mass is 9.97. The van der Waals surface area contributed by atoms with E-state index in [-0.39, 0.29) is 6.09 Å². The van der Waals surface area contributed by atoms with E-state index in [1.54, 1.807) is 11.2 Å². The number of aromatic amines is 1. The van der Waals surface area contributed by atoms with Crippen LogP contribution in [0.3, 0.4) is 0 Å². The fourth-order valence-electron chi connectivity index (χ4n) is 2.74. The number of nitrogens with one attached hydrogen (secondary N) is 1. The molecule has 1 N–H and O–H groups in total. The van der Waals surface area contributed by atoms with Crippen LogP contribution in [0.1, 0.15) is 51.3 Å². The van der Waals surface area contributed by atoms with Crippen molar-refractivity contribution in [1.82, 2.24) is 20.0 Å². The van der Waals surface area contributed by atoms with Crippen LogP contribution in [0, 0.1) is 0 Å². The van der Waals surface area contributed by atoms with Crippen LogP contribution in [-0.2, 0) is 4.74 Å². The van der Waals surface area contributed by atoms with E-state index in [1.807, 2.05) is 13.1 Å². The molecule has 1 aromatic heterocycles. The second-order valence-corrected chi connectivity index (χ2v) is 5.38. The molecule has 1 amide bonds. The third-order valence-electron chi connectivity index (χ3n) is 3.92. The van der Waals surface area contributed by atoms with E-state index < -0.39 is 0 Å². The first kappa shape index (κ1) is 15.8. The van der Waals surface area contributed by atoms with E-state index in [4.69, 9.17) is 4.74 Å². The molecule has 118 valence electrons. The first-order valence-corrected chi connectivity index (χ1v) is 7.94. The molecular formula is C15H26N4O2. The van der Waals surface area contributed by atoms with Gasteiger partial charge >= 0.3 is 6.09 Å². The highest BCUT2D eigenvalue weighted by Gasteiger charge is 2.28. The summed E-state index contributed by atoms with van der Waals surface area (Å²) in [5.74, 6) is 1.53. The van der Waals surface area contributed by atoms with Crippen molar-refractivity contribution in [1.29, 1.82) is 0 Å². The normalized spacial score (nSPS) is 16.9. The van der Waals surface area contributed by atoms with Gasteiger partial charge in [-0.05, 0) is 26.2 Å². The number of H-pyrrole nitrogens is 1. The molecule has 0 unspecified atom stereocenters. The average molecular weight is 294 g/mol. The Morgan fingerprint density at radius 3 is 2.81 bits per heavy atom. The van der Waals surface area contributed by atoms with Crippen molar-refractivity contribution in [3.05, 3.63) is 18.2 Å². The van der Waals surface area contributed by atoms with Gasteiger partial charge in [0.2, 0.25) is 0 Å². The molecule has 0 saturated carbocycles. The molecule has 21 heavy (non-hydrogen) atoms. The number of hydrogen-bond donors (Lipinski definition) is 1. The van der Waals surface area contributed by atoms with Crippen molar-refractivity contribution < 1.29 is 9.53 Å². The lowest BCUT2D eigenvalue weighted by Gasteiger charge is -2.38. The van der Waals surface area contributed by atoms with Gasteiger partial charge in [0, 0.05) is 37.9 Å². The zero-order chi connectivity index (χ0) is 15.1. The second-order valence-electron chi connectivity index (χ2n) is 5.38. The molecule has 0 spiro atoms. The smallest absolute Gasteiger partial charge is 0.424 e. The van der Waals surface area contributed by atoms with Gasteiger partial charge in [0.1, 0.15) is 5.82 Å². The molecule has 0 aromatic carbocycles. The number of piperidine rings is 1. The number of aromatic nitrogens is 2. The highest BCUT2D eigenvalue weighted by atomic mass is 16.6. The Hall–Kier alpha value is -1.56. The van der Waals surface area contributed by atoms with Crippen molar-refractivity contribution in [2.24, 2.45) is 0 Å². The number of unbranched alkanes of at least 4 members (excludes halogenated alkanes) is 1. The van der Waals surface area contributed by atoms with E-state index in [0.29, 0.717) is 12.5 Å². The molecule has 0 atom stereocenters. The van der Waals surface area contributed by atoms with Crippen LogP contribution in [-0.4, -0.2) is 52.3 Å². The molecule has 2 rings (SSSR count). The van der Waals surface area contributed by atoms with Crippen LogP contribution in [0.2, 0.25) is 0 Å². The van der Waals surface area contributed by atoms with Crippen LogP contribution in [0.25, 0.3) is 0 Å². The van der Waals surface area contributed by atoms with Crippen LogP contribution in [0.15, 0.2) is 12.4 Å². The molecule has 1 fully saturated rings. The number of carbonyl (C=O) groups is 1. The number of imidazole rings is 1. The molecule has 0 bridgehead atoms. The number of ether oxygens (including phenoxy) is 1. The predicted molar refractivity (Wildman–Crippen MR) is 80.8 cm³/mol. The number of amides is 1. The summed E-state index contributed by atoms with van der Waals surface area (Å²) in [5, 5.41) is 3.92. The largest absolute Gasteiger partial charge is 0.449 e. The number of hydrazine groups is 1. The fraction of sp³-hybridized carbons (Fsp3) is 0.733. The van der Waals surface area contributed by atoms with Crippen LogP contribution in [0.5, 0.6) is 0 Å². The van der Waals surface area contributed by atoms with Gasteiger partial charge in [-0.3, -0.25) is 0 Å². The van der Waals surface area contributed by atoms with Crippen molar-refractivity contribution in [3.8, 4) is 0 Å². The molecule has 1 aliphatic heterocycles. The summed E-state index contributed by atoms with van der Waals surface area (Å²) in [6.07, 6.45) is 7.53. The zero-order valence-corrected chi connectivity index (χ0v) is 13.0. The molecule has 1 aliphatic rings. The zero-order valence-electron chi connectivity index (χ0n) is 13.0. The number of hydrogen-bond acceptors (Lipinski definition) is 4. The molecule has 6 nitrogen and oxygen atoms in total. The highest BCUT2D eigenvalue weighted by Crippen LogP contribution is 2.26. The topological polar surface area (TPSA) is 61.5 Å². The highest BCUT2D eigenvalue weighted by molar-refractivity contribution is 5.66. The maximum Gasteiger partial charge on any atom is 0.424 e. The van der Waals surface area contributed by atoms with Crippen molar-refractivity contribution in [2.45, 2.75) is 45.4 Å². The Kier molecular flexibility index (Phi) is 6.04. The van der Waals surface area contributed by atoms with Crippen molar-refractivity contribution >= 4 is 6.09 Å². The minimum Gasteiger partial charge on any atom is -0.449 e. The number of rotatable bonds is 6. The molecular weight excluding hydrogens is 268 g/mol. The maximum atomic E-state index is 12.1. The summed E-state index contributed by atoms with van der Waals surface area (Å²) < 4.78 is 5.18. The lowest BCUT2D eigenvalue weighted by Crippen LogP contribution is -2.50. The molecule has 1 saturated heterocycles. The molecule has 0 radical (unpaired) electrons. The van der Waals surface area contributed by atoms with Gasteiger partial charge in [-0.25, -0.2) is 19.8 Å². The van der Waals surface area contributed by atoms with E-state index in [2.05, 4.69) is 21.9 Å². The van der Waals surface area contributed by atoms with Crippen LogP contribution in [0.4, 0.5) is 4.79 Å². The van der Waals surface area contributed by atoms with Crippen molar-refractivity contribution in [2.75, 3.05) is 26.2 Å². The summed E-state index contributed by atoms with van der Waals surface area (Å²) >= 11 is 0. The molecule has 6 heteroatoms. The summed E-state index contributed by atoms with van der Waals surface area (Å²) in [7, 11) is 0. The second kappa shape index (κ2) is 8.02. The van der Waals surface area contributed by atoms with Gasteiger partial charge in [0.25, 0.3) is 0 Å². The standard InChI is InChI=1S/C15H26N4O2/c1-3-5-10-19(15(20)21-4-2)18-11-6-13(7-12-18)14-16-8-9-17-14/h8-9,13H,3-7,10-12H2,1-2H3,(H,16,17). The van der Waals surface area contributed by atoms with E-state index >= 15 is 0 Å². The Balaban J connectivity index is 1.91. The van der Waals surface area contributed by atoms with Gasteiger partial charge in [0.15, 0.2) is 0 Å². The third-order valence-corrected chi connectivity index (χ3v) is 3.92. The maximum absolute atomic E-state index is 12.1. The van der Waals surface area contributed by atoms with Crippen LogP contribution >= 0.6 is 0 Å². The monoisotopic (exact) mass is 294 g/mol. The first-order valence-electron chi connectivity index (χ1n) is 7.94.